The zero-order valence-corrected chi connectivity index (χ0v) is 10.6. The molecule has 0 spiro atoms. The molecule has 0 saturated carbocycles. The molecule has 0 heterocycles. The van der Waals surface area contributed by atoms with Crippen LogP contribution in [0.2, 0.25) is 0 Å². The molecular formula is C11H16FN3OS. The molecule has 0 aliphatic rings. The van der Waals surface area contributed by atoms with Crippen molar-refractivity contribution in [2.75, 3.05) is 11.5 Å². The number of benzene rings is 1. The fraction of sp³-hybridized carbons (Fsp3) is 0.364. The van der Waals surface area contributed by atoms with Crippen molar-refractivity contribution in [3.05, 3.63) is 24.0 Å². The third kappa shape index (κ3) is 3.61. The summed E-state index contributed by atoms with van der Waals surface area (Å²) in [5.41, 5.74) is 7.56. The van der Waals surface area contributed by atoms with E-state index in [1.54, 1.807) is 19.9 Å². The average Bonchev–Trinajstić information content (AvgIpc) is 2.26. The van der Waals surface area contributed by atoms with E-state index in [2.05, 4.69) is 5.43 Å². The Kier molecular flexibility index (Phi) is 4.36. The van der Waals surface area contributed by atoms with Gasteiger partial charge < -0.3 is 5.73 Å². The number of carbonyl (C=O) groups is 1. The summed E-state index contributed by atoms with van der Waals surface area (Å²) in [4.78, 5) is 12.2. The van der Waals surface area contributed by atoms with E-state index in [4.69, 9.17) is 11.6 Å². The third-order valence-electron chi connectivity index (χ3n) is 2.31. The zero-order valence-electron chi connectivity index (χ0n) is 9.79. The van der Waals surface area contributed by atoms with Crippen LogP contribution in [0.5, 0.6) is 0 Å². The van der Waals surface area contributed by atoms with E-state index >= 15 is 0 Å². The number of anilines is 1. The number of hydrogen-bond donors (Lipinski definition) is 3. The number of hydrazine groups is 1. The minimum absolute atomic E-state index is 0.245. The number of rotatable bonds is 4. The lowest BCUT2D eigenvalue weighted by molar-refractivity contribution is -0.128. The molecule has 0 aliphatic carbocycles. The summed E-state index contributed by atoms with van der Waals surface area (Å²) in [5.74, 6) is 4.99. The number of thioether (sulfide) groups is 1. The van der Waals surface area contributed by atoms with Crippen molar-refractivity contribution in [3.63, 3.8) is 0 Å². The van der Waals surface area contributed by atoms with Crippen LogP contribution in [0.3, 0.4) is 0 Å². The molecule has 6 heteroatoms. The summed E-state index contributed by atoms with van der Waals surface area (Å²) in [7, 11) is 0. The molecule has 0 bridgehead atoms. The molecule has 5 N–H and O–H groups in total. The highest BCUT2D eigenvalue weighted by molar-refractivity contribution is 7.99. The summed E-state index contributed by atoms with van der Waals surface area (Å²) in [6.07, 6.45) is 0. The third-order valence-corrected chi connectivity index (χ3v) is 3.85. The van der Waals surface area contributed by atoms with E-state index in [-0.39, 0.29) is 11.7 Å². The van der Waals surface area contributed by atoms with Gasteiger partial charge in [-0.2, -0.15) is 0 Å². The molecule has 94 valence electrons. The maximum absolute atomic E-state index is 12.8. The molecule has 17 heavy (non-hydrogen) atoms. The molecule has 0 radical (unpaired) electrons. The fourth-order valence-corrected chi connectivity index (χ4v) is 2.21. The Hall–Kier alpha value is -1.27. The van der Waals surface area contributed by atoms with Crippen LogP contribution in [0.25, 0.3) is 0 Å². The summed E-state index contributed by atoms with van der Waals surface area (Å²) >= 11 is 1.40. The Labute approximate surface area is 104 Å². The number of nitrogens with one attached hydrogen (secondary N) is 1. The first-order valence-electron chi connectivity index (χ1n) is 5.05. The predicted molar refractivity (Wildman–Crippen MR) is 67.6 cm³/mol. The Morgan fingerprint density at radius 3 is 2.71 bits per heavy atom. The second-order valence-electron chi connectivity index (χ2n) is 4.33. The first-order valence-corrected chi connectivity index (χ1v) is 6.04. The first kappa shape index (κ1) is 13.8. The van der Waals surface area contributed by atoms with Gasteiger partial charge in [-0.3, -0.25) is 10.2 Å². The number of nitrogen functional groups attached to an aromatic ring is 1. The van der Waals surface area contributed by atoms with Gasteiger partial charge >= 0.3 is 0 Å². The molecule has 1 aromatic rings. The lowest BCUT2D eigenvalue weighted by Gasteiger charge is -2.21. The Morgan fingerprint density at radius 2 is 2.18 bits per heavy atom. The van der Waals surface area contributed by atoms with Crippen molar-refractivity contribution < 1.29 is 9.18 Å². The minimum atomic E-state index is -0.611. The van der Waals surface area contributed by atoms with Crippen molar-refractivity contribution in [3.8, 4) is 0 Å². The predicted octanol–water partition coefficient (Wildman–Crippen LogP) is 1.52. The van der Waals surface area contributed by atoms with Crippen LogP contribution < -0.4 is 17.0 Å². The Bertz CT molecular complexity index is 423. The molecule has 0 fully saturated rings. The molecule has 1 amide bonds. The van der Waals surface area contributed by atoms with Crippen LogP contribution in [0.15, 0.2) is 23.1 Å². The lowest BCUT2D eigenvalue weighted by Crippen LogP contribution is -2.42. The zero-order chi connectivity index (χ0) is 13.1. The highest BCUT2D eigenvalue weighted by atomic mass is 32.2. The highest BCUT2D eigenvalue weighted by Gasteiger charge is 2.27. The van der Waals surface area contributed by atoms with Gasteiger partial charge in [-0.25, -0.2) is 10.2 Å². The van der Waals surface area contributed by atoms with Gasteiger partial charge in [-0.05, 0) is 18.2 Å². The van der Waals surface area contributed by atoms with Crippen LogP contribution in [-0.4, -0.2) is 11.7 Å². The van der Waals surface area contributed by atoms with Crippen LogP contribution in [0, 0.1) is 11.2 Å². The SMILES string of the molecule is CC(C)(CSc1ccc(F)cc1N)C(=O)NN. The number of amides is 1. The molecule has 0 saturated heterocycles. The molecule has 0 atom stereocenters. The second kappa shape index (κ2) is 5.37. The van der Waals surface area contributed by atoms with Gasteiger partial charge in [0.1, 0.15) is 5.82 Å². The standard InChI is InChI=1S/C11H16FN3OS/c1-11(2,10(16)15-14)6-17-9-4-3-7(12)5-8(9)13/h3-5H,6,13-14H2,1-2H3,(H,15,16). The van der Waals surface area contributed by atoms with Crippen LogP contribution in [-0.2, 0) is 4.79 Å². The van der Waals surface area contributed by atoms with E-state index in [0.717, 1.165) is 4.90 Å². The summed E-state index contributed by atoms with van der Waals surface area (Å²) in [5, 5.41) is 0. The molecule has 4 nitrogen and oxygen atoms in total. The van der Waals surface area contributed by atoms with Gasteiger partial charge in [0.05, 0.1) is 5.41 Å². The fourth-order valence-electron chi connectivity index (χ4n) is 1.17. The van der Waals surface area contributed by atoms with E-state index in [1.165, 1.54) is 23.9 Å². The Balaban J connectivity index is 2.70. The normalized spacial score (nSPS) is 11.3. The van der Waals surface area contributed by atoms with Crippen LogP contribution >= 0.6 is 11.8 Å². The molecule has 1 aromatic carbocycles. The van der Waals surface area contributed by atoms with Crippen molar-refractivity contribution in [2.45, 2.75) is 18.7 Å². The van der Waals surface area contributed by atoms with Gasteiger partial charge in [-0.15, -0.1) is 11.8 Å². The smallest absolute Gasteiger partial charge is 0.240 e. The van der Waals surface area contributed by atoms with Crippen LogP contribution in [0.1, 0.15) is 13.8 Å². The Morgan fingerprint density at radius 1 is 1.53 bits per heavy atom. The maximum Gasteiger partial charge on any atom is 0.240 e. The molecule has 1 rings (SSSR count). The van der Waals surface area contributed by atoms with Crippen molar-refractivity contribution in [2.24, 2.45) is 11.3 Å². The molecule has 0 aliphatic heterocycles. The molecular weight excluding hydrogens is 241 g/mol. The first-order chi connectivity index (χ1) is 7.86. The quantitative estimate of drug-likeness (QED) is 0.251. The highest BCUT2D eigenvalue weighted by Crippen LogP contribution is 2.31. The molecule has 0 unspecified atom stereocenters. The summed E-state index contributed by atoms with van der Waals surface area (Å²) < 4.78 is 12.8. The van der Waals surface area contributed by atoms with E-state index in [1.807, 2.05) is 0 Å². The van der Waals surface area contributed by atoms with E-state index in [0.29, 0.717) is 11.4 Å². The van der Waals surface area contributed by atoms with E-state index < -0.39 is 5.41 Å². The maximum atomic E-state index is 12.8. The minimum Gasteiger partial charge on any atom is -0.398 e. The number of hydrogen-bond acceptors (Lipinski definition) is 4. The van der Waals surface area contributed by atoms with Crippen molar-refractivity contribution in [1.29, 1.82) is 0 Å². The van der Waals surface area contributed by atoms with E-state index in [9.17, 15) is 9.18 Å². The summed E-state index contributed by atoms with van der Waals surface area (Å²) in [6, 6.07) is 4.21. The van der Waals surface area contributed by atoms with Gasteiger partial charge in [0, 0.05) is 16.3 Å². The van der Waals surface area contributed by atoms with Crippen molar-refractivity contribution in [1.82, 2.24) is 5.43 Å². The number of carbonyl (C=O) groups excluding carboxylic acids is 1. The topological polar surface area (TPSA) is 81.1 Å². The van der Waals surface area contributed by atoms with Crippen molar-refractivity contribution >= 4 is 23.4 Å². The lowest BCUT2D eigenvalue weighted by atomic mass is 9.96. The average molecular weight is 257 g/mol. The van der Waals surface area contributed by atoms with Crippen LogP contribution in [0.4, 0.5) is 10.1 Å². The van der Waals surface area contributed by atoms with Gasteiger partial charge in [0.2, 0.25) is 5.91 Å². The van der Waals surface area contributed by atoms with Gasteiger partial charge in [0.15, 0.2) is 0 Å². The number of nitrogens with two attached hydrogens (primary N) is 2. The summed E-state index contributed by atoms with van der Waals surface area (Å²) in [6.45, 7) is 3.56. The number of halogens is 1. The molecule has 0 aromatic heterocycles. The largest absolute Gasteiger partial charge is 0.398 e. The van der Waals surface area contributed by atoms with Gasteiger partial charge in [0.25, 0.3) is 0 Å². The van der Waals surface area contributed by atoms with Gasteiger partial charge in [-0.1, -0.05) is 13.8 Å². The monoisotopic (exact) mass is 257 g/mol. The second-order valence-corrected chi connectivity index (χ2v) is 5.35.